The average Bonchev–Trinajstić information content (AvgIpc) is 3.29. The zero-order chi connectivity index (χ0) is 23.6. The van der Waals surface area contributed by atoms with Crippen LogP contribution in [-0.2, 0) is 5.60 Å². The van der Waals surface area contributed by atoms with Crippen LogP contribution in [0.3, 0.4) is 0 Å². The highest BCUT2D eigenvalue weighted by atomic mass is 16.5. The number of fused-ring (bicyclic) bond motifs is 8. The number of aromatic hydroxyl groups is 2. The number of H-pyrrole nitrogens is 1. The molecule has 1 aliphatic heterocycles. The smallest absolute Gasteiger partial charge is 0.178 e. The molecule has 0 amide bonds. The van der Waals surface area contributed by atoms with Crippen LogP contribution < -0.4 is 4.74 Å². The predicted octanol–water partition coefficient (Wildman–Crippen LogP) is 7.23. The van der Waals surface area contributed by atoms with E-state index in [1.54, 1.807) is 24.3 Å². The van der Waals surface area contributed by atoms with Gasteiger partial charge in [-0.25, -0.2) is 0 Å². The van der Waals surface area contributed by atoms with E-state index in [1.807, 2.05) is 36.4 Å². The molecule has 4 heteroatoms. The predicted molar refractivity (Wildman–Crippen MR) is 140 cm³/mol. The number of nitrogens with one attached hydrogen (secondary N) is 1. The Hall–Kier alpha value is -4.70. The van der Waals surface area contributed by atoms with E-state index in [9.17, 15) is 10.2 Å². The monoisotopic (exact) mass is 455 g/mol. The summed E-state index contributed by atoms with van der Waals surface area (Å²) < 4.78 is 7.02. The van der Waals surface area contributed by atoms with Crippen LogP contribution in [0.15, 0.2) is 103 Å². The molecule has 2 heterocycles. The maximum Gasteiger partial charge on any atom is 0.178 e. The second kappa shape index (κ2) is 7.15. The third-order valence-electron chi connectivity index (χ3n) is 7.00. The molecule has 168 valence electrons. The van der Waals surface area contributed by atoms with E-state index >= 15 is 0 Å². The molecule has 5 aromatic carbocycles. The summed E-state index contributed by atoms with van der Waals surface area (Å²) in [6, 6.07) is 30.9. The van der Waals surface area contributed by atoms with Crippen LogP contribution in [0.2, 0.25) is 0 Å². The van der Waals surface area contributed by atoms with Crippen LogP contribution in [0.25, 0.3) is 38.7 Å². The molecule has 0 unspecified atom stereocenters. The van der Waals surface area contributed by atoms with Crippen molar-refractivity contribution in [2.45, 2.75) is 5.60 Å². The van der Waals surface area contributed by atoms with Gasteiger partial charge in [0.2, 0.25) is 0 Å². The molecule has 1 aromatic heterocycles. The van der Waals surface area contributed by atoms with Crippen molar-refractivity contribution in [3.8, 4) is 17.2 Å². The molecule has 0 radical (unpaired) electrons. The summed E-state index contributed by atoms with van der Waals surface area (Å²) >= 11 is 0. The van der Waals surface area contributed by atoms with Gasteiger partial charge in [0.05, 0.1) is 5.52 Å². The fourth-order valence-corrected chi connectivity index (χ4v) is 5.34. The molecule has 6 aromatic rings. The molecule has 7 rings (SSSR count). The van der Waals surface area contributed by atoms with E-state index in [2.05, 4.69) is 53.5 Å². The third-order valence-corrected chi connectivity index (χ3v) is 7.00. The summed E-state index contributed by atoms with van der Waals surface area (Å²) in [7, 11) is 0. The van der Waals surface area contributed by atoms with E-state index in [0.29, 0.717) is 0 Å². The number of para-hydroxylation sites is 1. The molecule has 0 saturated carbocycles. The molecule has 0 aliphatic carbocycles. The average molecular weight is 456 g/mol. The largest absolute Gasteiger partial charge is 0.508 e. The zero-order valence-electron chi connectivity index (χ0n) is 18.7. The van der Waals surface area contributed by atoms with Gasteiger partial charge < -0.3 is 19.9 Å². The van der Waals surface area contributed by atoms with Gasteiger partial charge in [0.1, 0.15) is 17.2 Å². The van der Waals surface area contributed by atoms with Crippen molar-refractivity contribution in [3.63, 3.8) is 0 Å². The van der Waals surface area contributed by atoms with Gasteiger partial charge in [0.25, 0.3) is 0 Å². The Morgan fingerprint density at radius 1 is 0.629 bits per heavy atom. The highest BCUT2D eigenvalue weighted by Gasteiger charge is 2.38. The molecule has 0 saturated heterocycles. The summed E-state index contributed by atoms with van der Waals surface area (Å²) in [6.07, 6.45) is 4.19. The lowest BCUT2D eigenvalue weighted by Crippen LogP contribution is -2.34. The van der Waals surface area contributed by atoms with Crippen molar-refractivity contribution >= 4 is 38.7 Å². The Labute approximate surface area is 201 Å². The van der Waals surface area contributed by atoms with Crippen LogP contribution in [0.5, 0.6) is 17.2 Å². The van der Waals surface area contributed by atoms with Crippen LogP contribution in [0.1, 0.15) is 16.7 Å². The second-order valence-electron chi connectivity index (χ2n) is 8.97. The summed E-state index contributed by atoms with van der Waals surface area (Å²) in [5.41, 5.74) is 3.96. The summed E-state index contributed by atoms with van der Waals surface area (Å²) in [6.45, 7) is 0. The molecule has 35 heavy (non-hydrogen) atoms. The number of aromatic nitrogens is 1. The fraction of sp³-hybridized carbons (Fsp3) is 0.0323. The number of rotatable bonds is 2. The lowest BCUT2D eigenvalue weighted by atomic mass is 9.83. The van der Waals surface area contributed by atoms with Gasteiger partial charge in [-0.3, -0.25) is 0 Å². The van der Waals surface area contributed by atoms with Gasteiger partial charge in [0, 0.05) is 38.4 Å². The van der Waals surface area contributed by atoms with E-state index < -0.39 is 5.60 Å². The minimum Gasteiger partial charge on any atom is -0.508 e. The maximum absolute atomic E-state index is 9.94. The van der Waals surface area contributed by atoms with Crippen LogP contribution >= 0.6 is 0 Å². The number of phenols is 2. The number of hydrogen-bond acceptors (Lipinski definition) is 3. The summed E-state index contributed by atoms with van der Waals surface area (Å²) in [5, 5.41) is 24.4. The first-order valence-electron chi connectivity index (χ1n) is 11.6. The molecular weight excluding hydrogens is 434 g/mol. The van der Waals surface area contributed by atoms with Gasteiger partial charge in [-0.05, 0) is 47.9 Å². The number of ether oxygens (including phenoxy) is 1. The molecular formula is C31H21NO3. The van der Waals surface area contributed by atoms with Crippen LogP contribution in [0, 0.1) is 0 Å². The van der Waals surface area contributed by atoms with Gasteiger partial charge >= 0.3 is 0 Å². The highest BCUT2D eigenvalue weighted by molar-refractivity contribution is 6.24. The number of benzene rings is 5. The molecule has 4 nitrogen and oxygen atoms in total. The Balaban J connectivity index is 1.57. The lowest BCUT2D eigenvalue weighted by Gasteiger charge is -2.37. The van der Waals surface area contributed by atoms with Crippen molar-refractivity contribution in [2.75, 3.05) is 0 Å². The maximum atomic E-state index is 9.94. The first-order valence-corrected chi connectivity index (χ1v) is 11.6. The molecule has 1 aliphatic rings. The van der Waals surface area contributed by atoms with Crippen molar-refractivity contribution in [1.82, 2.24) is 4.98 Å². The first-order chi connectivity index (χ1) is 17.1. The molecule has 0 atom stereocenters. The minimum atomic E-state index is -0.934. The van der Waals surface area contributed by atoms with Crippen molar-refractivity contribution in [1.29, 1.82) is 0 Å². The zero-order valence-corrected chi connectivity index (χ0v) is 18.7. The minimum absolute atomic E-state index is 0.194. The van der Waals surface area contributed by atoms with Gasteiger partial charge in [0.15, 0.2) is 5.60 Å². The number of hydrogen-bond donors (Lipinski definition) is 3. The van der Waals surface area contributed by atoms with Gasteiger partial charge in [-0.1, -0.05) is 66.7 Å². The van der Waals surface area contributed by atoms with Gasteiger partial charge in [-0.2, -0.15) is 0 Å². The Bertz CT molecular complexity index is 1730. The van der Waals surface area contributed by atoms with E-state index in [4.69, 9.17) is 4.74 Å². The van der Waals surface area contributed by atoms with Crippen molar-refractivity contribution in [3.05, 3.63) is 120 Å². The summed E-state index contributed by atoms with van der Waals surface area (Å²) in [5.74, 6) is 1.18. The lowest BCUT2D eigenvalue weighted by molar-refractivity contribution is 0.164. The number of phenolic OH excluding ortho intramolecular Hbond substituents is 2. The molecule has 0 spiro atoms. The summed E-state index contributed by atoms with van der Waals surface area (Å²) in [4.78, 5) is 3.62. The number of aromatic amines is 1. The normalized spacial score (nSPS) is 14.3. The van der Waals surface area contributed by atoms with E-state index in [1.165, 1.54) is 10.8 Å². The second-order valence-corrected chi connectivity index (χ2v) is 8.97. The SMILES string of the molecule is Oc1ccc(C2(c3ccc(O)cc3)C=Cc3c(c4ccccc4c4c3[nH]c3ccccc34)O2)cc1. The van der Waals surface area contributed by atoms with Crippen LogP contribution in [0.4, 0.5) is 0 Å². The Morgan fingerprint density at radius 3 is 1.86 bits per heavy atom. The topological polar surface area (TPSA) is 65.5 Å². The van der Waals surface area contributed by atoms with Crippen LogP contribution in [-0.4, -0.2) is 15.2 Å². The highest BCUT2D eigenvalue weighted by Crippen LogP contribution is 2.49. The Morgan fingerprint density at radius 2 is 1.20 bits per heavy atom. The molecule has 0 bridgehead atoms. The van der Waals surface area contributed by atoms with Gasteiger partial charge in [-0.15, -0.1) is 0 Å². The Kier molecular flexibility index (Phi) is 4.03. The van der Waals surface area contributed by atoms with E-state index in [-0.39, 0.29) is 11.5 Å². The quantitative estimate of drug-likeness (QED) is 0.258. The van der Waals surface area contributed by atoms with E-state index in [0.717, 1.165) is 44.2 Å². The molecule has 3 N–H and O–H groups in total. The fourth-order valence-electron chi connectivity index (χ4n) is 5.34. The molecule has 0 fully saturated rings. The third kappa shape index (κ3) is 2.80. The standard InChI is InChI=1S/C31H21NO3/c33-21-13-9-19(10-14-21)31(20-11-15-22(34)16-12-20)18-17-26-29-28(25-7-3-4-8-27(25)32-29)23-5-1-2-6-24(23)30(26)35-31/h1-18,32-34H. The first kappa shape index (κ1) is 19.7. The van der Waals surface area contributed by atoms with Crippen molar-refractivity contribution < 1.29 is 14.9 Å². The van der Waals surface area contributed by atoms with Crippen molar-refractivity contribution in [2.24, 2.45) is 0 Å².